The first-order chi connectivity index (χ1) is 16.6. The minimum atomic E-state index is -0.250. The molecular weight excluding hydrogens is 422 g/mol. The SMILES string of the molecule is CCCCN(C(=O)CCC1CCCC1)C(CC)c1nc2ccccc2c(=O)n1-c1ccccc1. The first kappa shape index (κ1) is 24.2. The Hall–Kier alpha value is -2.95. The van der Waals surface area contributed by atoms with Gasteiger partial charge in [0.15, 0.2) is 0 Å². The van der Waals surface area contributed by atoms with Crippen LogP contribution in [0.2, 0.25) is 0 Å². The van der Waals surface area contributed by atoms with E-state index in [4.69, 9.17) is 4.98 Å². The molecular formula is C29H37N3O2. The van der Waals surface area contributed by atoms with Crippen LogP contribution in [-0.4, -0.2) is 26.9 Å². The Bertz CT molecular complexity index is 1150. The van der Waals surface area contributed by atoms with E-state index >= 15 is 0 Å². The van der Waals surface area contributed by atoms with Crippen LogP contribution >= 0.6 is 0 Å². The highest BCUT2D eigenvalue weighted by atomic mass is 16.2. The number of nitrogens with zero attached hydrogens (tertiary/aromatic N) is 3. The molecule has 0 saturated heterocycles. The Morgan fingerprint density at radius 1 is 1.06 bits per heavy atom. The van der Waals surface area contributed by atoms with Gasteiger partial charge in [-0.2, -0.15) is 0 Å². The van der Waals surface area contributed by atoms with Crippen LogP contribution in [0.25, 0.3) is 16.6 Å². The van der Waals surface area contributed by atoms with Gasteiger partial charge < -0.3 is 4.90 Å². The van der Waals surface area contributed by atoms with Gasteiger partial charge in [0.05, 0.1) is 22.6 Å². The zero-order valence-electron chi connectivity index (χ0n) is 20.6. The molecule has 2 aromatic carbocycles. The molecule has 1 aromatic heterocycles. The highest BCUT2D eigenvalue weighted by Gasteiger charge is 2.29. The lowest BCUT2D eigenvalue weighted by atomic mass is 10.0. The zero-order chi connectivity index (χ0) is 23.9. The molecule has 1 aliphatic carbocycles. The summed E-state index contributed by atoms with van der Waals surface area (Å²) >= 11 is 0. The van der Waals surface area contributed by atoms with E-state index < -0.39 is 0 Å². The molecule has 180 valence electrons. The summed E-state index contributed by atoms with van der Waals surface area (Å²) in [5.74, 6) is 1.52. The van der Waals surface area contributed by atoms with Gasteiger partial charge >= 0.3 is 0 Å². The average Bonchev–Trinajstić information content (AvgIpc) is 3.39. The van der Waals surface area contributed by atoms with Crippen LogP contribution in [0.1, 0.15) is 83.5 Å². The third-order valence-corrected chi connectivity index (χ3v) is 7.19. The van der Waals surface area contributed by atoms with Gasteiger partial charge in [0, 0.05) is 13.0 Å². The van der Waals surface area contributed by atoms with Crippen LogP contribution < -0.4 is 5.56 Å². The van der Waals surface area contributed by atoms with Crippen molar-refractivity contribution in [2.75, 3.05) is 6.54 Å². The number of carbonyl (C=O) groups excluding carboxylic acids is 1. The van der Waals surface area contributed by atoms with Gasteiger partial charge in [-0.15, -0.1) is 0 Å². The first-order valence-electron chi connectivity index (χ1n) is 13.0. The maximum absolute atomic E-state index is 13.7. The number of carbonyl (C=O) groups is 1. The molecule has 0 aliphatic heterocycles. The Morgan fingerprint density at radius 3 is 2.47 bits per heavy atom. The number of fused-ring (bicyclic) bond motifs is 1. The number of hydrogen-bond donors (Lipinski definition) is 0. The number of rotatable bonds is 10. The summed E-state index contributed by atoms with van der Waals surface area (Å²) < 4.78 is 1.72. The summed E-state index contributed by atoms with van der Waals surface area (Å²) in [7, 11) is 0. The van der Waals surface area contributed by atoms with E-state index in [-0.39, 0.29) is 17.5 Å². The number of unbranched alkanes of at least 4 members (excludes halogenated alkanes) is 1. The molecule has 0 spiro atoms. The second-order valence-corrected chi connectivity index (χ2v) is 9.52. The van der Waals surface area contributed by atoms with Crippen molar-refractivity contribution in [3.8, 4) is 5.69 Å². The fourth-order valence-corrected chi connectivity index (χ4v) is 5.30. The van der Waals surface area contributed by atoms with Crippen molar-refractivity contribution in [3.05, 3.63) is 70.8 Å². The standard InChI is InChI=1S/C29H37N3O2/c1-3-5-21-31(27(33)20-19-22-13-9-10-14-22)26(4-2)28-30-25-18-12-11-17-24(25)29(34)32(28)23-15-7-6-8-16-23/h6-8,11-12,15-18,22,26H,3-5,9-10,13-14,19-21H2,1-2H3. The van der Waals surface area contributed by atoms with Crippen LogP contribution in [-0.2, 0) is 4.79 Å². The molecule has 1 saturated carbocycles. The molecule has 4 rings (SSSR count). The van der Waals surface area contributed by atoms with Gasteiger partial charge in [0.1, 0.15) is 5.82 Å². The molecule has 0 bridgehead atoms. The molecule has 1 atom stereocenters. The Balaban J connectivity index is 1.77. The second-order valence-electron chi connectivity index (χ2n) is 9.52. The topological polar surface area (TPSA) is 55.2 Å². The molecule has 1 unspecified atom stereocenters. The average molecular weight is 460 g/mol. The van der Waals surface area contributed by atoms with E-state index in [1.54, 1.807) is 4.57 Å². The summed E-state index contributed by atoms with van der Waals surface area (Å²) in [4.78, 5) is 34.3. The lowest BCUT2D eigenvalue weighted by Crippen LogP contribution is -2.39. The summed E-state index contributed by atoms with van der Waals surface area (Å²) in [6.07, 6.45) is 9.28. The smallest absolute Gasteiger partial charge is 0.266 e. The van der Waals surface area contributed by atoms with Gasteiger partial charge in [-0.05, 0) is 49.4 Å². The molecule has 1 fully saturated rings. The molecule has 3 aromatic rings. The van der Waals surface area contributed by atoms with Crippen LogP contribution in [0.4, 0.5) is 0 Å². The van der Waals surface area contributed by atoms with Crippen LogP contribution in [0.15, 0.2) is 59.4 Å². The Morgan fingerprint density at radius 2 is 1.76 bits per heavy atom. The second kappa shape index (κ2) is 11.5. The fraction of sp³-hybridized carbons (Fsp3) is 0.483. The van der Waals surface area contributed by atoms with Crippen molar-refractivity contribution in [2.45, 2.75) is 77.7 Å². The van der Waals surface area contributed by atoms with E-state index in [2.05, 4.69) is 13.8 Å². The minimum absolute atomic E-state index is 0.0842. The highest BCUT2D eigenvalue weighted by molar-refractivity contribution is 5.79. The normalized spacial score (nSPS) is 15.0. The molecule has 1 aliphatic rings. The minimum Gasteiger partial charge on any atom is -0.333 e. The molecule has 1 heterocycles. The van der Waals surface area contributed by atoms with E-state index in [1.165, 1.54) is 25.7 Å². The number of amides is 1. The molecule has 5 heteroatoms. The largest absolute Gasteiger partial charge is 0.333 e. The maximum atomic E-state index is 13.7. The summed E-state index contributed by atoms with van der Waals surface area (Å²) in [6.45, 7) is 4.93. The van der Waals surface area contributed by atoms with Crippen molar-refractivity contribution in [1.29, 1.82) is 0 Å². The molecule has 0 radical (unpaired) electrons. The molecule has 1 amide bonds. The monoisotopic (exact) mass is 459 g/mol. The van der Waals surface area contributed by atoms with Crippen molar-refractivity contribution >= 4 is 16.8 Å². The summed E-state index contributed by atoms with van der Waals surface area (Å²) in [5.41, 5.74) is 1.38. The predicted molar refractivity (Wildman–Crippen MR) is 138 cm³/mol. The summed E-state index contributed by atoms with van der Waals surface area (Å²) in [6, 6.07) is 16.9. The van der Waals surface area contributed by atoms with Crippen LogP contribution in [0.5, 0.6) is 0 Å². The molecule has 0 N–H and O–H groups in total. The van der Waals surface area contributed by atoms with E-state index in [1.807, 2.05) is 59.5 Å². The van der Waals surface area contributed by atoms with Gasteiger partial charge in [-0.1, -0.05) is 76.3 Å². The number of benzene rings is 2. The molecule has 34 heavy (non-hydrogen) atoms. The van der Waals surface area contributed by atoms with Gasteiger partial charge in [0.2, 0.25) is 5.91 Å². The Kier molecular flexibility index (Phi) is 8.15. The predicted octanol–water partition coefficient (Wildman–Crippen LogP) is 6.44. The maximum Gasteiger partial charge on any atom is 0.266 e. The van der Waals surface area contributed by atoms with E-state index in [0.717, 1.165) is 24.9 Å². The van der Waals surface area contributed by atoms with Crippen LogP contribution in [0.3, 0.4) is 0 Å². The number of para-hydroxylation sites is 2. The van der Waals surface area contributed by atoms with Gasteiger partial charge in [-0.3, -0.25) is 14.2 Å². The number of hydrogen-bond acceptors (Lipinski definition) is 3. The van der Waals surface area contributed by atoms with Gasteiger partial charge in [-0.25, -0.2) is 4.98 Å². The Labute approximate surface area is 202 Å². The zero-order valence-corrected chi connectivity index (χ0v) is 20.6. The molecule has 5 nitrogen and oxygen atoms in total. The van der Waals surface area contributed by atoms with E-state index in [0.29, 0.717) is 42.0 Å². The first-order valence-corrected chi connectivity index (χ1v) is 13.0. The quantitative estimate of drug-likeness (QED) is 0.351. The van der Waals surface area contributed by atoms with Crippen molar-refractivity contribution in [1.82, 2.24) is 14.5 Å². The van der Waals surface area contributed by atoms with Crippen molar-refractivity contribution < 1.29 is 4.79 Å². The lowest BCUT2D eigenvalue weighted by Gasteiger charge is -2.33. The van der Waals surface area contributed by atoms with Crippen molar-refractivity contribution in [2.24, 2.45) is 5.92 Å². The fourth-order valence-electron chi connectivity index (χ4n) is 5.30. The highest BCUT2D eigenvalue weighted by Crippen LogP contribution is 2.31. The third-order valence-electron chi connectivity index (χ3n) is 7.19. The van der Waals surface area contributed by atoms with Gasteiger partial charge in [0.25, 0.3) is 5.56 Å². The number of aromatic nitrogens is 2. The third kappa shape index (κ3) is 5.24. The lowest BCUT2D eigenvalue weighted by molar-refractivity contribution is -0.134. The van der Waals surface area contributed by atoms with E-state index in [9.17, 15) is 9.59 Å². The summed E-state index contributed by atoms with van der Waals surface area (Å²) in [5, 5.41) is 0.595. The van der Waals surface area contributed by atoms with Crippen LogP contribution in [0, 0.1) is 5.92 Å². The van der Waals surface area contributed by atoms with Crippen molar-refractivity contribution in [3.63, 3.8) is 0 Å².